The molecule has 6 heteroatoms. The Kier molecular flexibility index (Phi) is 7.68. The molecule has 0 radical (unpaired) electrons. The monoisotopic (exact) mass is 408 g/mol. The first kappa shape index (κ1) is 23.6. The summed E-state index contributed by atoms with van der Waals surface area (Å²) in [6.45, 7) is 11.2. The smallest absolute Gasteiger partial charge is 0.333 e. The van der Waals surface area contributed by atoms with Gasteiger partial charge in [-0.3, -0.25) is 4.79 Å². The highest BCUT2D eigenvalue weighted by Crippen LogP contribution is 2.46. The van der Waals surface area contributed by atoms with Crippen molar-refractivity contribution in [3.8, 4) is 0 Å². The number of carbonyl (C=O) groups excluding carboxylic acids is 2. The number of hydrogen-bond acceptors (Lipinski definition) is 6. The van der Waals surface area contributed by atoms with Crippen molar-refractivity contribution in [3.05, 3.63) is 23.8 Å². The van der Waals surface area contributed by atoms with E-state index in [1.54, 1.807) is 6.92 Å². The molecule has 1 aliphatic carbocycles. The van der Waals surface area contributed by atoms with Crippen molar-refractivity contribution < 1.29 is 28.9 Å². The van der Waals surface area contributed by atoms with E-state index in [2.05, 4.69) is 26.5 Å². The van der Waals surface area contributed by atoms with E-state index in [0.717, 1.165) is 19.3 Å². The zero-order chi connectivity index (χ0) is 21.8. The first-order chi connectivity index (χ1) is 13.5. The van der Waals surface area contributed by atoms with Crippen molar-refractivity contribution in [2.24, 2.45) is 5.92 Å². The fraction of sp³-hybridized carbons (Fsp3) is 0.739. The quantitative estimate of drug-likeness (QED) is 0.330. The molecule has 164 valence electrons. The van der Waals surface area contributed by atoms with Gasteiger partial charge in [-0.25, -0.2) is 4.79 Å². The van der Waals surface area contributed by atoms with Gasteiger partial charge in [0.05, 0.1) is 24.4 Å². The van der Waals surface area contributed by atoms with Gasteiger partial charge in [-0.15, -0.1) is 0 Å². The normalized spacial score (nSPS) is 37.9. The van der Waals surface area contributed by atoms with Crippen LogP contribution in [0, 0.1) is 5.92 Å². The number of hydrogen-bond donors (Lipinski definition) is 1. The number of esters is 2. The van der Waals surface area contributed by atoms with E-state index in [-0.39, 0.29) is 17.6 Å². The summed E-state index contributed by atoms with van der Waals surface area (Å²) < 4.78 is 16.3. The lowest BCUT2D eigenvalue weighted by Crippen LogP contribution is -2.42. The van der Waals surface area contributed by atoms with Crippen LogP contribution in [0.4, 0.5) is 0 Å². The van der Waals surface area contributed by atoms with Gasteiger partial charge in [0, 0.05) is 12.5 Å². The number of epoxide rings is 1. The van der Waals surface area contributed by atoms with Gasteiger partial charge < -0.3 is 19.3 Å². The van der Waals surface area contributed by atoms with E-state index in [1.807, 2.05) is 0 Å². The van der Waals surface area contributed by atoms with Crippen LogP contribution >= 0.6 is 0 Å². The van der Waals surface area contributed by atoms with Gasteiger partial charge in [0.15, 0.2) is 0 Å². The molecule has 0 aromatic heterocycles. The summed E-state index contributed by atoms with van der Waals surface area (Å²) in [5.41, 5.74) is 0.220. The van der Waals surface area contributed by atoms with Crippen molar-refractivity contribution in [2.75, 3.05) is 7.11 Å². The van der Waals surface area contributed by atoms with Gasteiger partial charge in [-0.2, -0.15) is 0 Å². The molecule has 5 atom stereocenters. The Bertz CT molecular complexity index is 664. The molecule has 0 bridgehead atoms. The molecule has 2 aliphatic rings. The molecule has 0 aromatic carbocycles. The molecular formula is C23H36O6. The van der Waals surface area contributed by atoms with Gasteiger partial charge in [-0.1, -0.05) is 18.2 Å². The molecule has 1 N–H and O–H groups in total. The van der Waals surface area contributed by atoms with E-state index in [4.69, 9.17) is 14.2 Å². The summed E-state index contributed by atoms with van der Waals surface area (Å²) in [5.74, 6) is -1.01. The third-order valence-corrected chi connectivity index (χ3v) is 6.41. The molecule has 0 aromatic rings. The molecule has 1 fully saturated rings. The Labute approximate surface area is 174 Å². The van der Waals surface area contributed by atoms with Gasteiger partial charge in [0.25, 0.3) is 0 Å². The molecule has 1 unspecified atom stereocenters. The second kappa shape index (κ2) is 9.43. The number of rotatable bonds is 3. The van der Waals surface area contributed by atoms with Crippen LogP contribution < -0.4 is 0 Å². The molecule has 2 rings (SSSR count). The van der Waals surface area contributed by atoms with Crippen LogP contribution in [-0.4, -0.2) is 47.6 Å². The van der Waals surface area contributed by atoms with Gasteiger partial charge in [0.2, 0.25) is 0 Å². The standard InChI is InChI=1S/C23H36O6/c1-15-8-7-12-23(5)20(29-23)14-18(16(2)21(25)27-6)11-13-22(4,26)19(10-9-15)28-17(3)24/h8,18-20,26H,2,7,9-14H2,1,3-6H3/b15-8+/t18?,19-,20-,22-,23-/m0/s1. The minimum Gasteiger partial charge on any atom is -0.466 e. The molecule has 0 saturated carbocycles. The van der Waals surface area contributed by atoms with Crippen LogP contribution in [-0.2, 0) is 23.8 Å². The first-order valence-corrected chi connectivity index (χ1v) is 10.5. The van der Waals surface area contributed by atoms with E-state index in [9.17, 15) is 14.7 Å². The topological polar surface area (TPSA) is 85.4 Å². The third-order valence-electron chi connectivity index (χ3n) is 6.41. The molecule has 0 amide bonds. The number of allylic oxidation sites excluding steroid dienone is 2. The molecule has 6 nitrogen and oxygen atoms in total. The lowest BCUT2D eigenvalue weighted by atomic mass is 9.81. The SMILES string of the molecule is C=C(C(=O)OC)C1CC[C@](C)(O)[C@@H](OC(C)=O)CC/C(C)=C/CC[C@]2(C)O[C@H]2C1. The molecular weight excluding hydrogens is 372 g/mol. The zero-order valence-electron chi connectivity index (χ0n) is 18.5. The average molecular weight is 409 g/mol. The van der Waals surface area contributed by atoms with E-state index in [0.29, 0.717) is 31.3 Å². The molecule has 0 spiro atoms. The Morgan fingerprint density at radius 1 is 1.28 bits per heavy atom. The fourth-order valence-electron chi connectivity index (χ4n) is 4.19. The lowest BCUT2D eigenvalue weighted by molar-refractivity contribution is -0.163. The molecule has 1 saturated heterocycles. The predicted molar refractivity (Wildman–Crippen MR) is 110 cm³/mol. The van der Waals surface area contributed by atoms with Crippen LogP contribution in [0.2, 0.25) is 0 Å². The Morgan fingerprint density at radius 2 is 1.97 bits per heavy atom. The molecule has 1 heterocycles. The lowest BCUT2D eigenvalue weighted by Gasteiger charge is -2.34. The van der Waals surface area contributed by atoms with Gasteiger partial charge in [0.1, 0.15) is 6.10 Å². The molecule has 29 heavy (non-hydrogen) atoms. The Morgan fingerprint density at radius 3 is 2.59 bits per heavy atom. The maximum Gasteiger partial charge on any atom is 0.333 e. The minimum absolute atomic E-state index is 0.0553. The zero-order valence-corrected chi connectivity index (χ0v) is 18.5. The average Bonchev–Trinajstić information content (AvgIpc) is 3.28. The van der Waals surface area contributed by atoms with Crippen LogP contribution in [0.3, 0.4) is 0 Å². The predicted octanol–water partition coefficient (Wildman–Crippen LogP) is 3.86. The largest absolute Gasteiger partial charge is 0.466 e. The Hall–Kier alpha value is -1.66. The maximum atomic E-state index is 12.1. The van der Waals surface area contributed by atoms with Crippen LogP contribution in [0.15, 0.2) is 23.8 Å². The summed E-state index contributed by atoms with van der Waals surface area (Å²) in [7, 11) is 1.34. The Balaban J connectivity index is 2.25. The van der Waals surface area contributed by atoms with E-state index >= 15 is 0 Å². The summed E-state index contributed by atoms with van der Waals surface area (Å²) >= 11 is 0. The summed E-state index contributed by atoms with van der Waals surface area (Å²) in [5, 5.41) is 11.1. The number of aliphatic hydroxyl groups is 1. The second-order valence-corrected chi connectivity index (χ2v) is 8.99. The second-order valence-electron chi connectivity index (χ2n) is 8.99. The number of carbonyl (C=O) groups is 2. The van der Waals surface area contributed by atoms with E-state index < -0.39 is 23.6 Å². The number of fused-ring (bicyclic) bond motifs is 1. The maximum absolute atomic E-state index is 12.1. The van der Waals surface area contributed by atoms with Gasteiger partial charge in [-0.05, 0) is 71.6 Å². The van der Waals surface area contributed by atoms with Crippen molar-refractivity contribution >= 4 is 11.9 Å². The minimum atomic E-state index is -1.21. The van der Waals surface area contributed by atoms with Crippen molar-refractivity contribution in [1.29, 1.82) is 0 Å². The highest BCUT2D eigenvalue weighted by Gasteiger charge is 2.52. The van der Waals surface area contributed by atoms with Crippen LogP contribution in [0.5, 0.6) is 0 Å². The summed E-state index contributed by atoms with van der Waals surface area (Å²) in [4.78, 5) is 23.7. The fourth-order valence-corrected chi connectivity index (χ4v) is 4.19. The molecule has 1 aliphatic heterocycles. The number of methoxy groups -OCH3 is 1. The first-order valence-electron chi connectivity index (χ1n) is 10.5. The highest BCUT2D eigenvalue weighted by molar-refractivity contribution is 5.88. The highest BCUT2D eigenvalue weighted by atomic mass is 16.6. The summed E-state index contributed by atoms with van der Waals surface area (Å²) in [6, 6.07) is 0. The van der Waals surface area contributed by atoms with Crippen molar-refractivity contribution in [1.82, 2.24) is 0 Å². The van der Waals surface area contributed by atoms with Crippen molar-refractivity contribution in [3.63, 3.8) is 0 Å². The summed E-state index contributed by atoms with van der Waals surface area (Å²) in [6.07, 6.45) is 6.30. The van der Waals surface area contributed by atoms with Crippen LogP contribution in [0.1, 0.15) is 72.6 Å². The third kappa shape index (κ3) is 6.41. The number of ether oxygens (including phenoxy) is 3. The van der Waals surface area contributed by atoms with Crippen LogP contribution in [0.25, 0.3) is 0 Å². The van der Waals surface area contributed by atoms with E-state index in [1.165, 1.54) is 19.6 Å². The van der Waals surface area contributed by atoms with Gasteiger partial charge >= 0.3 is 11.9 Å². The van der Waals surface area contributed by atoms with Crippen molar-refractivity contribution in [2.45, 2.75) is 96.1 Å².